The van der Waals surface area contributed by atoms with Crippen LogP contribution in [0.2, 0.25) is 0 Å². The number of amides is 1. The van der Waals surface area contributed by atoms with Gasteiger partial charge >= 0.3 is 12.3 Å². The summed E-state index contributed by atoms with van der Waals surface area (Å²) in [7, 11) is 0. The van der Waals surface area contributed by atoms with Gasteiger partial charge in [0.1, 0.15) is 23.8 Å². The fourth-order valence-electron chi connectivity index (χ4n) is 3.22. The molecule has 1 aliphatic rings. The van der Waals surface area contributed by atoms with Crippen molar-refractivity contribution in [3.05, 3.63) is 52.8 Å². The molecule has 0 N–H and O–H groups in total. The summed E-state index contributed by atoms with van der Waals surface area (Å²) in [5, 5.41) is 8.82. The van der Waals surface area contributed by atoms with Crippen LogP contribution in [0.5, 0.6) is 5.88 Å². The molecular formula is C23H24F4N4O3. The molecule has 0 radical (unpaired) electrons. The molecule has 1 fully saturated rings. The quantitative estimate of drug-likeness (QED) is 0.588. The van der Waals surface area contributed by atoms with E-state index in [9.17, 15) is 22.4 Å². The highest BCUT2D eigenvalue weighted by Crippen LogP contribution is 2.34. The van der Waals surface area contributed by atoms with Gasteiger partial charge in [0.15, 0.2) is 0 Å². The summed E-state index contributed by atoms with van der Waals surface area (Å²) < 4.78 is 65.3. The maximum Gasteiger partial charge on any atom is 0.416 e. The number of nitrogens with zero attached hydrogens (tertiary/aromatic N) is 4. The molecular weight excluding hydrogens is 456 g/mol. The minimum atomic E-state index is -4.65. The number of aromatic nitrogens is 1. The largest absolute Gasteiger partial charge is 0.473 e. The molecule has 1 amide bonds. The van der Waals surface area contributed by atoms with E-state index in [4.69, 9.17) is 14.7 Å². The van der Waals surface area contributed by atoms with Gasteiger partial charge in [-0.15, -0.1) is 0 Å². The Morgan fingerprint density at radius 1 is 1.12 bits per heavy atom. The number of piperazine rings is 1. The number of hydrogen-bond donors (Lipinski definition) is 0. The van der Waals surface area contributed by atoms with Crippen LogP contribution in [0.4, 0.5) is 28.2 Å². The zero-order valence-electron chi connectivity index (χ0n) is 18.9. The molecule has 2 aromatic rings. The Labute approximate surface area is 194 Å². The van der Waals surface area contributed by atoms with Crippen molar-refractivity contribution in [3.8, 4) is 11.9 Å². The molecule has 7 nitrogen and oxygen atoms in total. The van der Waals surface area contributed by atoms with Gasteiger partial charge in [0, 0.05) is 37.8 Å². The number of hydrogen-bond acceptors (Lipinski definition) is 6. The number of carbonyl (C=O) groups is 1. The first-order valence-electron chi connectivity index (χ1n) is 10.5. The van der Waals surface area contributed by atoms with Crippen LogP contribution in [-0.4, -0.2) is 47.8 Å². The number of ether oxygens (including phenoxy) is 2. The van der Waals surface area contributed by atoms with E-state index in [1.54, 1.807) is 31.7 Å². The lowest BCUT2D eigenvalue weighted by atomic mass is 10.1. The molecule has 1 aromatic carbocycles. The zero-order valence-corrected chi connectivity index (χ0v) is 18.9. The molecule has 1 aliphatic heterocycles. The number of carbonyl (C=O) groups excluding carboxylic acids is 1. The summed E-state index contributed by atoms with van der Waals surface area (Å²) in [6.45, 7) is 5.88. The van der Waals surface area contributed by atoms with Crippen LogP contribution in [0.15, 0.2) is 30.3 Å². The second-order valence-corrected chi connectivity index (χ2v) is 8.71. The first kappa shape index (κ1) is 25.1. The summed E-state index contributed by atoms with van der Waals surface area (Å²) in [5.41, 5.74) is -1.42. The van der Waals surface area contributed by atoms with Crippen LogP contribution in [0.25, 0.3) is 0 Å². The molecule has 3 rings (SSSR count). The Kier molecular flexibility index (Phi) is 7.19. The smallest absolute Gasteiger partial charge is 0.416 e. The highest BCUT2D eigenvalue weighted by Gasteiger charge is 2.33. The van der Waals surface area contributed by atoms with E-state index < -0.39 is 29.3 Å². The molecule has 0 bridgehead atoms. The van der Waals surface area contributed by atoms with Gasteiger partial charge in [-0.25, -0.2) is 9.18 Å². The van der Waals surface area contributed by atoms with E-state index >= 15 is 0 Å². The number of benzene rings is 1. The third-order valence-corrected chi connectivity index (χ3v) is 4.93. The van der Waals surface area contributed by atoms with Crippen molar-refractivity contribution in [1.82, 2.24) is 9.88 Å². The van der Waals surface area contributed by atoms with Gasteiger partial charge in [-0.2, -0.15) is 23.4 Å². The Morgan fingerprint density at radius 3 is 2.35 bits per heavy atom. The maximum atomic E-state index is 14.1. The third-order valence-electron chi connectivity index (χ3n) is 4.93. The molecule has 0 atom stereocenters. The summed E-state index contributed by atoms with van der Waals surface area (Å²) in [5.74, 6) is -0.985. The summed E-state index contributed by atoms with van der Waals surface area (Å²) in [4.78, 5) is 19.5. The van der Waals surface area contributed by atoms with E-state index in [1.165, 1.54) is 17.0 Å². The predicted octanol–water partition coefficient (Wildman–Crippen LogP) is 4.75. The number of anilines is 1. The molecule has 11 heteroatoms. The molecule has 1 saturated heterocycles. The van der Waals surface area contributed by atoms with Crippen LogP contribution >= 0.6 is 0 Å². The number of halogens is 4. The lowest BCUT2D eigenvalue weighted by Gasteiger charge is -2.36. The van der Waals surface area contributed by atoms with Gasteiger partial charge in [0.25, 0.3) is 0 Å². The van der Waals surface area contributed by atoms with Crippen molar-refractivity contribution >= 4 is 11.9 Å². The second kappa shape index (κ2) is 9.75. The average molecular weight is 480 g/mol. The lowest BCUT2D eigenvalue weighted by molar-refractivity contribution is -0.137. The van der Waals surface area contributed by atoms with Crippen LogP contribution in [0, 0.1) is 17.1 Å². The van der Waals surface area contributed by atoms with Crippen LogP contribution in [0.3, 0.4) is 0 Å². The summed E-state index contributed by atoms with van der Waals surface area (Å²) in [6.07, 6.45) is -5.13. The van der Waals surface area contributed by atoms with Gasteiger partial charge in [-0.3, -0.25) is 0 Å². The molecule has 1 aromatic heterocycles. The third kappa shape index (κ3) is 6.50. The maximum absolute atomic E-state index is 14.1. The van der Waals surface area contributed by atoms with Crippen LogP contribution < -0.4 is 9.64 Å². The zero-order chi connectivity index (χ0) is 25.1. The summed E-state index contributed by atoms with van der Waals surface area (Å²) >= 11 is 0. The van der Waals surface area contributed by atoms with Gasteiger partial charge in [0.05, 0.1) is 17.2 Å². The van der Waals surface area contributed by atoms with E-state index in [1.807, 2.05) is 0 Å². The molecule has 34 heavy (non-hydrogen) atoms. The highest BCUT2D eigenvalue weighted by atomic mass is 19.4. The van der Waals surface area contributed by atoms with Crippen molar-refractivity contribution in [1.29, 1.82) is 5.26 Å². The monoisotopic (exact) mass is 480 g/mol. The normalized spacial score (nSPS) is 14.5. The van der Waals surface area contributed by atoms with Crippen molar-refractivity contribution in [2.24, 2.45) is 0 Å². The standard InChI is InChI=1S/C23H24F4N4O3/c1-22(2,3)34-21(32)31-8-6-30(7-9-31)19-11-17(23(25,26)27)12-20(29-19)33-14-16-5-4-15(13-28)10-18(16)24/h4-5,10-12H,6-9,14H2,1-3H3. The van der Waals surface area contributed by atoms with Gasteiger partial charge in [-0.1, -0.05) is 6.07 Å². The first-order chi connectivity index (χ1) is 15.9. The van der Waals surface area contributed by atoms with Crippen molar-refractivity contribution in [2.45, 2.75) is 39.2 Å². The van der Waals surface area contributed by atoms with E-state index in [-0.39, 0.29) is 55.6 Å². The molecule has 0 saturated carbocycles. The number of rotatable bonds is 4. The lowest BCUT2D eigenvalue weighted by Crippen LogP contribution is -2.50. The number of pyridine rings is 1. The van der Waals surface area contributed by atoms with E-state index in [0.29, 0.717) is 0 Å². The molecule has 2 heterocycles. The molecule has 0 aliphatic carbocycles. The van der Waals surface area contributed by atoms with Gasteiger partial charge in [0.2, 0.25) is 5.88 Å². The Bertz CT molecular complexity index is 1090. The highest BCUT2D eigenvalue weighted by molar-refractivity contribution is 5.68. The number of alkyl halides is 3. The topological polar surface area (TPSA) is 78.7 Å². The second-order valence-electron chi connectivity index (χ2n) is 8.71. The summed E-state index contributed by atoms with van der Waals surface area (Å²) in [6, 6.07) is 7.21. The van der Waals surface area contributed by atoms with E-state index in [2.05, 4.69) is 4.98 Å². The minimum Gasteiger partial charge on any atom is -0.473 e. The predicted molar refractivity (Wildman–Crippen MR) is 115 cm³/mol. The van der Waals surface area contributed by atoms with Gasteiger partial charge in [-0.05, 0) is 39.0 Å². The van der Waals surface area contributed by atoms with Crippen molar-refractivity contribution in [2.75, 3.05) is 31.1 Å². The molecule has 182 valence electrons. The Hall–Kier alpha value is -3.55. The van der Waals surface area contributed by atoms with Crippen LogP contribution in [-0.2, 0) is 17.5 Å². The van der Waals surface area contributed by atoms with Crippen molar-refractivity contribution in [3.63, 3.8) is 0 Å². The first-order valence-corrected chi connectivity index (χ1v) is 10.5. The SMILES string of the molecule is CC(C)(C)OC(=O)N1CCN(c2cc(C(F)(F)F)cc(OCc3ccc(C#N)cc3F)n2)CC1. The van der Waals surface area contributed by atoms with Crippen molar-refractivity contribution < 1.29 is 31.8 Å². The number of nitriles is 1. The average Bonchev–Trinajstić information content (AvgIpc) is 2.76. The molecule has 0 spiro atoms. The Balaban J connectivity index is 1.75. The fourth-order valence-corrected chi connectivity index (χ4v) is 3.22. The fraction of sp³-hybridized carbons (Fsp3) is 0.435. The molecule has 0 unspecified atom stereocenters. The minimum absolute atomic E-state index is 0.0361. The van der Waals surface area contributed by atoms with Gasteiger partial charge < -0.3 is 19.3 Å². The van der Waals surface area contributed by atoms with Crippen LogP contribution in [0.1, 0.15) is 37.5 Å². The Morgan fingerprint density at radius 2 is 1.79 bits per heavy atom. The van der Waals surface area contributed by atoms with E-state index in [0.717, 1.165) is 18.2 Å².